The fourth-order valence-electron chi connectivity index (χ4n) is 0.254. The van der Waals surface area contributed by atoms with Gasteiger partial charge in [-0.15, -0.1) is 6.58 Å². The molecule has 0 amide bonds. The molecule has 108 valence electrons. The molecule has 0 aromatic rings. The second-order valence-corrected chi connectivity index (χ2v) is 2.54. The third-order valence-electron chi connectivity index (χ3n) is 0.852. The lowest BCUT2D eigenvalue weighted by Crippen LogP contribution is -1.58. The first-order valence-corrected chi connectivity index (χ1v) is 6.90. The van der Waals surface area contributed by atoms with Gasteiger partial charge in [-0.1, -0.05) is 76.8 Å². The zero-order chi connectivity index (χ0) is 15.8. The van der Waals surface area contributed by atoms with Crippen molar-refractivity contribution < 1.29 is 0 Å². The maximum Gasteiger partial charge on any atom is -0.0367 e. The molecule has 0 aromatic carbocycles. The lowest BCUT2D eigenvalue weighted by Gasteiger charge is -1.80. The highest BCUT2D eigenvalue weighted by atomic mass is 32.1. The summed E-state index contributed by atoms with van der Waals surface area (Å²) in [7, 11) is 0. The Morgan fingerprint density at radius 1 is 0.944 bits per heavy atom. The molecule has 0 aromatic heterocycles. The van der Waals surface area contributed by atoms with Gasteiger partial charge in [-0.2, -0.15) is 12.6 Å². The predicted octanol–water partition coefficient (Wildman–Crippen LogP) is 7.00. The van der Waals surface area contributed by atoms with E-state index in [4.69, 9.17) is 0 Å². The van der Waals surface area contributed by atoms with Gasteiger partial charge in [0.05, 0.1) is 0 Å². The summed E-state index contributed by atoms with van der Waals surface area (Å²) in [6.07, 6.45) is 9.06. The van der Waals surface area contributed by atoms with E-state index in [-0.39, 0.29) is 0 Å². The lowest BCUT2D eigenvalue weighted by atomic mass is 10.3. The molecule has 0 aliphatic heterocycles. The molecule has 0 atom stereocenters. The largest absolute Gasteiger partial charge is 0.152 e. The first-order chi connectivity index (χ1) is 8.64. The Kier molecular flexibility index (Phi) is 94.3. The fourth-order valence-corrected chi connectivity index (χ4v) is 0.254. The summed E-state index contributed by atoms with van der Waals surface area (Å²) in [4.78, 5) is 0. The van der Waals surface area contributed by atoms with Crippen LogP contribution in [-0.2, 0) is 0 Å². The fraction of sp³-hybridized carbons (Fsp3) is 0.412. The van der Waals surface area contributed by atoms with E-state index >= 15 is 0 Å². The standard InChI is InChI=1S/C7H10.C3H6S.C3H6.2C2H6/c1-4-6-7(3)5-2;1-2-3-4;1-3-2;2*1-2/h4-6H,1-2H2,3H3;2-4H,1H3;3H,1H2,2H3;2*1-2H3/b7-6-;3-2-;;;. The Morgan fingerprint density at radius 3 is 1.28 bits per heavy atom. The Labute approximate surface area is 122 Å². The summed E-state index contributed by atoms with van der Waals surface area (Å²) in [5.41, 5.74) is 1.15. The van der Waals surface area contributed by atoms with Gasteiger partial charge in [-0.25, -0.2) is 0 Å². The molecule has 0 spiro atoms. The van der Waals surface area contributed by atoms with Gasteiger partial charge in [0, 0.05) is 0 Å². The summed E-state index contributed by atoms with van der Waals surface area (Å²) < 4.78 is 0. The summed E-state index contributed by atoms with van der Waals surface area (Å²) >= 11 is 3.74. The van der Waals surface area contributed by atoms with Crippen LogP contribution in [0.25, 0.3) is 0 Å². The van der Waals surface area contributed by atoms with E-state index in [9.17, 15) is 0 Å². The topological polar surface area (TPSA) is 0 Å². The van der Waals surface area contributed by atoms with E-state index in [2.05, 4.69) is 32.4 Å². The van der Waals surface area contributed by atoms with Crippen molar-refractivity contribution in [2.75, 3.05) is 0 Å². The summed E-state index contributed by atoms with van der Waals surface area (Å²) in [5, 5.41) is 1.69. The molecule has 0 N–H and O–H groups in total. The second kappa shape index (κ2) is 56.1. The van der Waals surface area contributed by atoms with Crippen LogP contribution in [0.3, 0.4) is 0 Å². The minimum Gasteiger partial charge on any atom is -0.152 e. The van der Waals surface area contributed by atoms with E-state index in [0.717, 1.165) is 5.57 Å². The SMILES string of the molecule is C/C=C\S.C=C/C=C(/C)C=C.C=CC.CC.CC. The van der Waals surface area contributed by atoms with Crippen molar-refractivity contribution >= 4 is 12.6 Å². The van der Waals surface area contributed by atoms with Crippen molar-refractivity contribution in [3.63, 3.8) is 0 Å². The van der Waals surface area contributed by atoms with Crippen LogP contribution in [0.5, 0.6) is 0 Å². The molecular formula is C17H34S. The monoisotopic (exact) mass is 270 g/mol. The van der Waals surface area contributed by atoms with Crippen LogP contribution in [0.15, 0.2) is 61.1 Å². The lowest BCUT2D eigenvalue weighted by molar-refractivity contribution is 1.50. The van der Waals surface area contributed by atoms with E-state index in [1.165, 1.54) is 0 Å². The van der Waals surface area contributed by atoms with Crippen LogP contribution < -0.4 is 0 Å². The Morgan fingerprint density at radius 2 is 1.22 bits per heavy atom. The minimum absolute atomic E-state index is 1.15. The van der Waals surface area contributed by atoms with Gasteiger partial charge < -0.3 is 0 Å². The normalized spacial score (nSPS) is 7.67. The van der Waals surface area contributed by atoms with Gasteiger partial charge in [0.2, 0.25) is 0 Å². The highest BCUT2D eigenvalue weighted by Gasteiger charge is 1.68. The van der Waals surface area contributed by atoms with Crippen LogP contribution >= 0.6 is 12.6 Å². The summed E-state index contributed by atoms with van der Waals surface area (Å²) in [6, 6.07) is 0. The van der Waals surface area contributed by atoms with Crippen LogP contribution in [0.1, 0.15) is 48.5 Å². The van der Waals surface area contributed by atoms with Crippen molar-refractivity contribution in [2.24, 2.45) is 0 Å². The Balaban J connectivity index is -0.0000000441. The van der Waals surface area contributed by atoms with Crippen molar-refractivity contribution in [3.05, 3.63) is 61.1 Å². The van der Waals surface area contributed by atoms with E-state index in [1.807, 2.05) is 60.6 Å². The first kappa shape index (κ1) is 30.2. The molecule has 0 saturated carbocycles. The average Bonchev–Trinajstić information content (AvgIpc) is 2.44. The van der Waals surface area contributed by atoms with Gasteiger partial charge in [0.25, 0.3) is 0 Å². The molecule has 0 radical (unpaired) electrons. The average molecular weight is 271 g/mol. The number of rotatable bonds is 2. The number of thiol groups is 1. The van der Waals surface area contributed by atoms with Crippen LogP contribution in [-0.4, -0.2) is 0 Å². The van der Waals surface area contributed by atoms with Crippen LogP contribution in [0.2, 0.25) is 0 Å². The first-order valence-electron chi connectivity index (χ1n) is 6.38. The number of hydrogen-bond donors (Lipinski definition) is 1. The molecular weight excluding hydrogens is 236 g/mol. The molecule has 0 bridgehead atoms. The maximum atomic E-state index is 3.74. The smallest absolute Gasteiger partial charge is 0.0367 e. The summed E-state index contributed by atoms with van der Waals surface area (Å²) in [5.74, 6) is 0. The molecule has 1 heteroatoms. The van der Waals surface area contributed by atoms with Crippen molar-refractivity contribution in [2.45, 2.75) is 48.5 Å². The van der Waals surface area contributed by atoms with Gasteiger partial charge in [-0.05, 0) is 26.2 Å². The van der Waals surface area contributed by atoms with Gasteiger partial charge in [0.15, 0.2) is 0 Å². The predicted molar refractivity (Wildman–Crippen MR) is 96.5 cm³/mol. The van der Waals surface area contributed by atoms with Crippen molar-refractivity contribution in [3.8, 4) is 0 Å². The third-order valence-corrected chi connectivity index (χ3v) is 1.15. The molecule has 0 nitrogen and oxygen atoms in total. The van der Waals surface area contributed by atoms with Crippen LogP contribution in [0, 0.1) is 0 Å². The minimum atomic E-state index is 1.15. The molecule has 18 heavy (non-hydrogen) atoms. The van der Waals surface area contributed by atoms with Gasteiger partial charge >= 0.3 is 0 Å². The zero-order valence-corrected chi connectivity index (χ0v) is 14.4. The molecule has 0 unspecified atom stereocenters. The summed E-state index contributed by atoms with van der Waals surface area (Å²) in [6.45, 7) is 24.2. The van der Waals surface area contributed by atoms with Crippen molar-refractivity contribution in [1.29, 1.82) is 0 Å². The van der Waals surface area contributed by atoms with Crippen LogP contribution in [0.4, 0.5) is 0 Å². The quantitative estimate of drug-likeness (QED) is 0.312. The molecule has 0 saturated heterocycles. The van der Waals surface area contributed by atoms with Gasteiger partial charge in [0.1, 0.15) is 0 Å². The van der Waals surface area contributed by atoms with E-state index < -0.39 is 0 Å². The zero-order valence-electron chi connectivity index (χ0n) is 13.5. The third kappa shape index (κ3) is 116. The number of allylic oxidation sites excluding steroid dienone is 6. The van der Waals surface area contributed by atoms with Crippen molar-refractivity contribution in [1.82, 2.24) is 0 Å². The molecule has 0 aliphatic rings. The highest BCUT2D eigenvalue weighted by Crippen LogP contribution is 1.90. The molecule has 0 fully saturated rings. The van der Waals surface area contributed by atoms with E-state index in [0.29, 0.717) is 0 Å². The molecule has 0 heterocycles. The molecule has 0 aliphatic carbocycles. The Bertz CT molecular complexity index is 182. The Hall–Kier alpha value is -0.950. The maximum absolute atomic E-state index is 3.74. The van der Waals surface area contributed by atoms with E-state index in [1.54, 1.807) is 23.6 Å². The second-order valence-electron chi connectivity index (χ2n) is 2.24. The number of hydrogen-bond acceptors (Lipinski definition) is 1. The molecule has 0 rings (SSSR count). The van der Waals surface area contributed by atoms with Gasteiger partial charge in [-0.3, -0.25) is 0 Å². The highest BCUT2D eigenvalue weighted by molar-refractivity contribution is 7.83.